The van der Waals surface area contributed by atoms with Crippen molar-refractivity contribution in [3.05, 3.63) is 41.3 Å². The van der Waals surface area contributed by atoms with Crippen LogP contribution in [0.5, 0.6) is 0 Å². The zero-order valence-corrected chi connectivity index (χ0v) is 6.23. The molecular formula is C10H9. The molecule has 49 valence electrons. The average molecular weight is 129 g/mol. The van der Waals surface area contributed by atoms with Gasteiger partial charge in [-0.25, -0.2) is 0 Å². The largest absolute Gasteiger partial charge is 0.0617 e. The Labute approximate surface area is 61.9 Å². The lowest BCUT2D eigenvalue weighted by Crippen LogP contribution is -1.84. The predicted octanol–water partition coefficient (Wildman–Crippen LogP) is 2.24. The molecule has 0 saturated heterocycles. The first-order valence-corrected chi connectivity index (χ1v) is 3.24. The Morgan fingerprint density at radius 3 is 2.00 bits per heavy atom. The maximum atomic E-state index is 6.98. The summed E-state index contributed by atoms with van der Waals surface area (Å²) in [6.07, 6.45) is 6.98. The van der Waals surface area contributed by atoms with E-state index in [1.807, 2.05) is 32.0 Å². The summed E-state index contributed by atoms with van der Waals surface area (Å²) >= 11 is 0. The minimum atomic E-state index is 0.919. The molecule has 0 aromatic heterocycles. The maximum Gasteiger partial charge on any atom is 0.0313 e. The van der Waals surface area contributed by atoms with Gasteiger partial charge in [0.1, 0.15) is 0 Å². The van der Waals surface area contributed by atoms with Crippen LogP contribution in [0, 0.1) is 26.2 Å². The van der Waals surface area contributed by atoms with Crippen molar-refractivity contribution in [2.75, 3.05) is 0 Å². The van der Waals surface area contributed by atoms with Crippen LogP contribution < -0.4 is 0 Å². The molecule has 0 amide bonds. The van der Waals surface area contributed by atoms with Gasteiger partial charge in [0.2, 0.25) is 0 Å². The van der Waals surface area contributed by atoms with Crippen LogP contribution >= 0.6 is 0 Å². The molecule has 0 fully saturated rings. The van der Waals surface area contributed by atoms with Gasteiger partial charge in [0.05, 0.1) is 0 Å². The normalized spacial score (nSPS) is 8.90. The predicted molar refractivity (Wildman–Crippen MR) is 42.1 cm³/mol. The fourth-order valence-corrected chi connectivity index (χ4v) is 1.01. The van der Waals surface area contributed by atoms with Crippen LogP contribution in [0.25, 0.3) is 0 Å². The molecule has 1 radical (unpaired) electrons. The maximum absolute atomic E-state index is 6.98. The lowest BCUT2D eigenvalue weighted by molar-refractivity contribution is 1.35. The molecule has 0 aliphatic heterocycles. The molecular weight excluding hydrogens is 120 g/mol. The Kier molecular flexibility index (Phi) is 1.78. The third-order valence-corrected chi connectivity index (χ3v) is 1.61. The van der Waals surface area contributed by atoms with Crippen LogP contribution in [0.1, 0.15) is 16.7 Å². The number of hydrogen-bond donors (Lipinski definition) is 0. The second-order valence-electron chi connectivity index (χ2n) is 2.39. The monoisotopic (exact) mass is 129 g/mol. The first kappa shape index (κ1) is 6.89. The van der Waals surface area contributed by atoms with Gasteiger partial charge in [-0.3, -0.25) is 0 Å². The Hall–Kier alpha value is -1.22. The summed E-state index contributed by atoms with van der Waals surface area (Å²) in [5, 5.41) is 0. The molecule has 0 aliphatic carbocycles. The minimum absolute atomic E-state index is 0.919. The summed E-state index contributed by atoms with van der Waals surface area (Å²) in [6.45, 7) is 3.98. The van der Waals surface area contributed by atoms with E-state index in [0.717, 1.165) is 16.7 Å². The van der Waals surface area contributed by atoms with E-state index in [9.17, 15) is 0 Å². The van der Waals surface area contributed by atoms with Gasteiger partial charge in [0.25, 0.3) is 0 Å². The Balaban J connectivity index is 3.34. The van der Waals surface area contributed by atoms with E-state index in [4.69, 9.17) is 6.42 Å². The second-order valence-corrected chi connectivity index (χ2v) is 2.39. The lowest BCUT2D eigenvalue weighted by atomic mass is 10.0. The molecule has 1 rings (SSSR count). The van der Waals surface area contributed by atoms with Crippen molar-refractivity contribution >= 4 is 0 Å². The molecule has 0 N–H and O–H groups in total. The highest BCUT2D eigenvalue weighted by atomic mass is 14.0. The van der Waals surface area contributed by atoms with E-state index in [0.29, 0.717) is 0 Å². The molecule has 0 aliphatic rings. The first-order valence-electron chi connectivity index (χ1n) is 3.24. The summed E-state index contributed by atoms with van der Waals surface area (Å²) in [5.41, 5.74) is 3.16. The topological polar surface area (TPSA) is 0 Å². The lowest BCUT2D eigenvalue weighted by Gasteiger charge is -1.99. The summed E-state index contributed by atoms with van der Waals surface area (Å²) in [6, 6.07) is 5.97. The molecule has 0 spiro atoms. The zero-order valence-electron chi connectivity index (χ0n) is 6.23. The highest BCUT2D eigenvalue weighted by Crippen LogP contribution is 2.10. The molecule has 1 aromatic carbocycles. The highest BCUT2D eigenvalue weighted by Gasteiger charge is 1.95. The van der Waals surface area contributed by atoms with Crippen molar-refractivity contribution in [1.29, 1.82) is 0 Å². The first-order chi connectivity index (χ1) is 4.75. The van der Waals surface area contributed by atoms with Crippen molar-refractivity contribution in [2.45, 2.75) is 13.8 Å². The van der Waals surface area contributed by atoms with Crippen molar-refractivity contribution in [3.8, 4) is 5.92 Å². The number of benzene rings is 1. The van der Waals surface area contributed by atoms with Crippen LogP contribution in [0.15, 0.2) is 18.2 Å². The fourth-order valence-electron chi connectivity index (χ4n) is 1.01. The van der Waals surface area contributed by atoms with Gasteiger partial charge in [-0.2, -0.15) is 0 Å². The van der Waals surface area contributed by atoms with Crippen LogP contribution in [0.3, 0.4) is 0 Å². The molecule has 0 bridgehead atoms. The van der Waals surface area contributed by atoms with Crippen molar-refractivity contribution in [2.24, 2.45) is 0 Å². The number of aryl methyl sites for hydroxylation is 2. The van der Waals surface area contributed by atoms with E-state index in [1.165, 1.54) is 0 Å². The van der Waals surface area contributed by atoms with Gasteiger partial charge in [0, 0.05) is 5.56 Å². The van der Waals surface area contributed by atoms with E-state index >= 15 is 0 Å². The van der Waals surface area contributed by atoms with E-state index < -0.39 is 0 Å². The molecule has 1 aromatic rings. The highest BCUT2D eigenvalue weighted by molar-refractivity contribution is 5.43. The molecule has 10 heavy (non-hydrogen) atoms. The zero-order chi connectivity index (χ0) is 7.56. The van der Waals surface area contributed by atoms with Gasteiger partial charge in [-0.05, 0) is 31.4 Å². The molecule has 0 unspecified atom stereocenters. The van der Waals surface area contributed by atoms with Crippen molar-refractivity contribution < 1.29 is 0 Å². The smallest absolute Gasteiger partial charge is 0.0313 e. The minimum Gasteiger partial charge on any atom is -0.0617 e. The molecule has 0 atom stereocenters. The van der Waals surface area contributed by atoms with Crippen molar-refractivity contribution in [1.82, 2.24) is 0 Å². The fraction of sp³-hybridized carbons (Fsp3) is 0.200. The third kappa shape index (κ3) is 1.04. The van der Waals surface area contributed by atoms with E-state index in [-0.39, 0.29) is 0 Å². The summed E-state index contributed by atoms with van der Waals surface area (Å²) < 4.78 is 0. The van der Waals surface area contributed by atoms with Gasteiger partial charge in [-0.15, -0.1) is 0 Å². The summed E-state index contributed by atoms with van der Waals surface area (Å²) in [5.74, 6) is 2.41. The molecule has 0 heterocycles. The van der Waals surface area contributed by atoms with E-state index in [1.54, 1.807) is 0 Å². The quantitative estimate of drug-likeness (QED) is 0.471. The number of hydrogen-bond acceptors (Lipinski definition) is 0. The Bertz CT molecular complexity index is 256. The molecule has 0 saturated carbocycles. The van der Waals surface area contributed by atoms with Gasteiger partial charge < -0.3 is 0 Å². The number of rotatable bonds is 0. The van der Waals surface area contributed by atoms with E-state index in [2.05, 4.69) is 5.92 Å². The Morgan fingerprint density at radius 1 is 1.20 bits per heavy atom. The van der Waals surface area contributed by atoms with Crippen LogP contribution in [0.2, 0.25) is 0 Å². The van der Waals surface area contributed by atoms with Gasteiger partial charge in [0.15, 0.2) is 0 Å². The molecule has 0 heteroatoms. The third-order valence-electron chi connectivity index (χ3n) is 1.61. The Morgan fingerprint density at radius 2 is 1.70 bits per heavy atom. The van der Waals surface area contributed by atoms with Crippen LogP contribution in [0.4, 0.5) is 0 Å². The molecule has 0 nitrogen and oxygen atoms in total. The van der Waals surface area contributed by atoms with Gasteiger partial charge >= 0.3 is 0 Å². The van der Waals surface area contributed by atoms with Gasteiger partial charge in [-0.1, -0.05) is 24.1 Å². The second kappa shape index (κ2) is 2.58. The van der Waals surface area contributed by atoms with Crippen LogP contribution in [-0.2, 0) is 0 Å². The van der Waals surface area contributed by atoms with Crippen LogP contribution in [-0.4, -0.2) is 0 Å². The average Bonchev–Trinajstić information content (AvgIpc) is 1.88. The summed E-state index contributed by atoms with van der Waals surface area (Å²) in [4.78, 5) is 0. The summed E-state index contributed by atoms with van der Waals surface area (Å²) in [7, 11) is 0. The standard InChI is InChI=1S/C10H9/c1-4-10-8(2)6-5-7-9(10)3/h5-7H,2-3H3. The SMILES string of the molecule is [C]#Cc1c(C)cccc1C. The van der Waals surface area contributed by atoms with Crippen molar-refractivity contribution in [3.63, 3.8) is 0 Å².